The van der Waals surface area contributed by atoms with E-state index in [9.17, 15) is 27.2 Å². The van der Waals surface area contributed by atoms with E-state index in [0.29, 0.717) is 28.8 Å². The largest absolute Gasteiger partial charge is 0.493 e. The van der Waals surface area contributed by atoms with Gasteiger partial charge in [-0.05, 0) is 48.2 Å². The van der Waals surface area contributed by atoms with Crippen LogP contribution in [0.3, 0.4) is 0 Å². The summed E-state index contributed by atoms with van der Waals surface area (Å²) in [5, 5.41) is 0. The molecule has 0 heterocycles. The van der Waals surface area contributed by atoms with Crippen LogP contribution < -0.4 is 9.47 Å². The smallest absolute Gasteiger partial charge is 0.176 e. The lowest BCUT2D eigenvalue weighted by molar-refractivity contribution is -0.120. The zero-order valence-corrected chi connectivity index (χ0v) is 23.5. The van der Waals surface area contributed by atoms with Crippen LogP contribution in [0.5, 0.6) is 11.5 Å². The summed E-state index contributed by atoms with van der Waals surface area (Å²) >= 11 is 0. The quantitative estimate of drug-likeness (QED) is 0.140. The maximum absolute atomic E-state index is 14.7. The number of aryl methyl sites for hydroxylation is 1. The van der Waals surface area contributed by atoms with Crippen molar-refractivity contribution in [1.82, 2.24) is 0 Å². The zero-order valence-electron chi connectivity index (χ0n) is 23.5. The van der Waals surface area contributed by atoms with Gasteiger partial charge in [-0.3, -0.25) is 9.59 Å². The van der Waals surface area contributed by atoms with Crippen LogP contribution in [0.2, 0.25) is 0 Å². The first-order valence-electron chi connectivity index (χ1n) is 13.7. The summed E-state index contributed by atoms with van der Waals surface area (Å²) in [6, 6.07) is 19.2. The third kappa shape index (κ3) is 6.53. The molecule has 5 rings (SSSR count). The topological polar surface area (TPSA) is 52.6 Å². The molecule has 2 unspecified atom stereocenters. The molecule has 0 fully saturated rings. The number of ether oxygens (including phenoxy) is 2. The lowest BCUT2D eigenvalue weighted by atomic mass is 9.82. The van der Waals surface area contributed by atoms with Crippen molar-refractivity contribution in [3.63, 3.8) is 0 Å². The number of benzene rings is 4. The van der Waals surface area contributed by atoms with Crippen molar-refractivity contribution in [3.05, 3.63) is 136 Å². The second kappa shape index (κ2) is 12.7. The molecule has 8 heteroatoms. The Bertz CT molecular complexity index is 1690. The number of Topliss-reactive ketones (excluding diaryl/α,β-unsaturated/α-hetero) is 2. The second-order valence-corrected chi connectivity index (χ2v) is 10.5. The molecule has 0 aliphatic heterocycles. The molecule has 43 heavy (non-hydrogen) atoms. The molecule has 220 valence electrons. The number of allylic oxidation sites excluding steroid dienone is 2. The van der Waals surface area contributed by atoms with Crippen LogP contribution in [0.1, 0.15) is 45.0 Å². The van der Waals surface area contributed by atoms with Crippen molar-refractivity contribution < 1.29 is 36.6 Å². The van der Waals surface area contributed by atoms with Gasteiger partial charge in [0.15, 0.2) is 23.1 Å². The minimum atomic E-state index is -1.30. The Morgan fingerprint density at radius 3 is 2.23 bits per heavy atom. The molecule has 0 amide bonds. The highest BCUT2D eigenvalue weighted by atomic mass is 19.1. The van der Waals surface area contributed by atoms with Crippen LogP contribution in [0.4, 0.5) is 17.6 Å². The molecule has 0 saturated carbocycles. The number of carbonyl (C=O) groups is 2. The molecular weight excluding hydrogens is 560 g/mol. The Kier molecular flexibility index (Phi) is 8.76. The van der Waals surface area contributed by atoms with Crippen LogP contribution in [0, 0.1) is 36.1 Å². The van der Waals surface area contributed by atoms with Crippen LogP contribution in [0.15, 0.2) is 84.9 Å². The van der Waals surface area contributed by atoms with Gasteiger partial charge in [0.1, 0.15) is 29.9 Å². The van der Waals surface area contributed by atoms with Gasteiger partial charge in [-0.1, -0.05) is 60.2 Å². The van der Waals surface area contributed by atoms with E-state index in [2.05, 4.69) is 0 Å². The monoisotopic (exact) mass is 588 g/mol. The van der Waals surface area contributed by atoms with Gasteiger partial charge in [-0.15, -0.1) is 0 Å². The third-order valence-electron chi connectivity index (χ3n) is 7.51. The zero-order chi connectivity index (χ0) is 30.7. The van der Waals surface area contributed by atoms with Crippen LogP contribution in [0.25, 0.3) is 5.57 Å². The number of hydrogen-bond donors (Lipinski definition) is 0. The summed E-state index contributed by atoms with van der Waals surface area (Å²) < 4.78 is 68.3. The lowest BCUT2D eigenvalue weighted by Gasteiger charge is -2.23. The molecule has 4 aromatic carbocycles. The van der Waals surface area contributed by atoms with Gasteiger partial charge in [0, 0.05) is 36.0 Å². The highest BCUT2D eigenvalue weighted by Crippen LogP contribution is 2.49. The summed E-state index contributed by atoms with van der Waals surface area (Å²) in [5.74, 6) is -6.43. The molecule has 0 saturated heterocycles. The van der Waals surface area contributed by atoms with E-state index >= 15 is 0 Å². The third-order valence-corrected chi connectivity index (χ3v) is 7.51. The van der Waals surface area contributed by atoms with Crippen molar-refractivity contribution in [2.24, 2.45) is 5.92 Å². The van der Waals surface area contributed by atoms with Crippen molar-refractivity contribution in [1.29, 1.82) is 0 Å². The van der Waals surface area contributed by atoms with E-state index in [4.69, 9.17) is 9.47 Å². The second-order valence-electron chi connectivity index (χ2n) is 10.5. The first kappa shape index (κ1) is 29.8. The van der Waals surface area contributed by atoms with Gasteiger partial charge < -0.3 is 9.47 Å². The molecule has 2 atom stereocenters. The Morgan fingerprint density at radius 2 is 1.56 bits per heavy atom. The van der Waals surface area contributed by atoms with Crippen LogP contribution >= 0.6 is 0 Å². The number of ketones is 2. The van der Waals surface area contributed by atoms with Crippen molar-refractivity contribution >= 4 is 17.1 Å². The average molecular weight is 589 g/mol. The van der Waals surface area contributed by atoms with Gasteiger partial charge >= 0.3 is 0 Å². The highest BCUT2D eigenvalue weighted by Gasteiger charge is 2.39. The van der Waals surface area contributed by atoms with Gasteiger partial charge in [0.05, 0.1) is 12.7 Å². The van der Waals surface area contributed by atoms with Crippen molar-refractivity contribution in [2.45, 2.75) is 25.7 Å². The molecule has 4 nitrogen and oxygen atoms in total. The molecule has 0 N–H and O–H groups in total. The normalized spacial score (nSPS) is 16.1. The van der Waals surface area contributed by atoms with Crippen molar-refractivity contribution in [2.75, 3.05) is 13.7 Å². The molecular formula is C35H28F4O4. The molecule has 1 aliphatic carbocycles. The number of rotatable bonds is 10. The molecule has 0 aromatic heterocycles. The molecule has 1 aliphatic rings. The van der Waals surface area contributed by atoms with Crippen LogP contribution in [-0.2, 0) is 11.2 Å². The van der Waals surface area contributed by atoms with Gasteiger partial charge in [-0.2, -0.15) is 0 Å². The fraction of sp³-hybridized carbons (Fsp3) is 0.200. The summed E-state index contributed by atoms with van der Waals surface area (Å²) in [5.41, 5.74) is 2.86. The molecule has 0 radical (unpaired) electrons. The minimum Gasteiger partial charge on any atom is -0.493 e. The van der Waals surface area contributed by atoms with Gasteiger partial charge in [-0.25, -0.2) is 17.6 Å². The van der Waals surface area contributed by atoms with Gasteiger partial charge in [0.25, 0.3) is 0 Å². The number of carbonyl (C=O) groups excluding carboxylic acids is 2. The van der Waals surface area contributed by atoms with E-state index in [1.807, 2.05) is 31.2 Å². The fourth-order valence-electron chi connectivity index (χ4n) is 5.56. The van der Waals surface area contributed by atoms with Gasteiger partial charge in [0.2, 0.25) is 0 Å². The highest BCUT2D eigenvalue weighted by molar-refractivity contribution is 6.02. The number of hydrogen-bond acceptors (Lipinski definition) is 4. The van der Waals surface area contributed by atoms with E-state index in [0.717, 1.165) is 11.1 Å². The summed E-state index contributed by atoms with van der Waals surface area (Å²) in [4.78, 5) is 26.4. The summed E-state index contributed by atoms with van der Waals surface area (Å²) in [6.07, 6.45) is 2.03. The average Bonchev–Trinajstić information content (AvgIpc) is 3.41. The lowest BCUT2D eigenvalue weighted by Crippen LogP contribution is -2.21. The number of para-hydroxylation sites is 1. The predicted molar refractivity (Wildman–Crippen MR) is 154 cm³/mol. The minimum absolute atomic E-state index is 0.158. The number of halogens is 4. The van der Waals surface area contributed by atoms with E-state index in [-0.39, 0.29) is 36.7 Å². The first-order valence-corrected chi connectivity index (χ1v) is 13.7. The maximum Gasteiger partial charge on any atom is 0.176 e. The van der Waals surface area contributed by atoms with Crippen molar-refractivity contribution in [3.8, 4) is 11.5 Å². The Hall–Kier alpha value is -4.72. The molecule has 4 aromatic rings. The summed E-state index contributed by atoms with van der Waals surface area (Å²) in [7, 11) is 1.42. The maximum atomic E-state index is 14.7. The molecule has 0 bridgehead atoms. The van der Waals surface area contributed by atoms with Crippen LogP contribution in [-0.4, -0.2) is 25.3 Å². The Balaban J connectivity index is 1.47. The molecule has 0 spiro atoms. The SMILES string of the molecule is COc1c(OCC(=O)Cc2cccc(C)c2)cccc1C1CC(c2ccc(F)cc2)=CC1C(=O)c1c(F)cc(F)cc1F. The Morgan fingerprint density at radius 1 is 0.860 bits per heavy atom. The van der Waals surface area contributed by atoms with E-state index in [1.165, 1.54) is 19.2 Å². The summed E-state index contributed by atoms with van der Waals surface area (Å²) in [6.45, 7) is 1.71. The fourth-order valence-corrected chi connectivity index (χ4v) is 5.56. The van der Waals surface area contributed by atoms with E-state index < -0.39 is 46.5 Å². The first-order chi connectivity index (χ1) is 20.6. The number of methoxy groups -OCH3 is 1. The predicted octanol–water partition coefficient (Wildman–Crippen LogP) is 7.82. The standard InChI is InChI=1S/C35H28F4O4/c1-20-5-3-6-21(13-20)14-26(40)19-43-32-8-4-7-27(35(32)42-2)28-15-23(22-9-11-24(36)12-10-22)16-29(28)34(41)33-30(38)17-25(37)18-31(33)39/h3-13,16-18,28-29H,14-15,19H2,1-2H3. The van der Waals surface area contributed by atoms with E-state index in [1.54, 1.807) is 36.4 Å². The Labute approximate surface area is 246 Å².